The predicted octanol–water partition coefficient (Wildman–Crippen LogP) is 3.63. The van der Waals surface area contributed by atoms with Crippen molar-refractivity contribution in [2.45, 2.75) is 26.3 Å². The van der Waals surface area contributed by atoms with Crippen molar-refractivity contribution in [1.29, 1.82) is 0 Å². The van der Waals surface area contributed by atoms with E-state index in [1.165, 1.54) is 6.07 Å². The highest BCUT2D eigenvalue weighted by Crippen LogP contribution is 2.22. The van der Waals surface area contributed by atoms with Gasteiger partial charge in [-0.2, -0.15) is 5.10 Å². The molecule has 2 atom stereocenters. The number of carbonyl (C=O) groups excluding carboxylic acids is 1. The van der Waals surface area contributed by atoms with Crippen LogP contribution in [0.1, 0.15) is 19.8 Å². The highest BCUT2D eigenvalue weighted by molar-refractivity contribution is 6.30. The third kappa shape index (κ3) is 4.75. The van der Waals surface area contributed by atoms with Gasteiger partial charge in [-0.15, -0.1) is 0 Å². The summed E-state index contributed by atoms with van der Waals surface area (Å²) < 4.78 is 21.0. The first-order valence-electron chi connectivity index (χ1n) is 8.87. The monoisotopic (exact) mass is 379 g/mol. The number of likely N-dealkylation sites (tertiary alicyclic amines) is 1. The van der Waals surface area contributed by atoms with E-state index in [0.717, 1.165) is 19.4 Å². The smallest absolute Gasteiger partial charge is 0.227 e. The van der Waals surface area contributed by atoms with Gasteiger partial charge in [0, 0.05) is 25.2 Å². The molecule has 7 heteroatoms. The van der Waals surface area contributed by atoms with Gasteiger partial charge in [-0.05, 0) is 25.0 Å². The number of benzene rings is 1. The highest BCUT2D eigenvalue weighted by atomic mass is 35.5. The summed E-state index contributed by atoms with van der Waals surface area (Å²) in [5.41, 5.74) is 0. The molecule has 0 radical (unpaired) electrons. The van der Waals surface area contributed by atoms with E-state index in [-0.39, 0.29) is 29.3 Å². The molecular formula is C19H23ClFN3O2. The largest absolute Gasteiger partial charge is 0.490 e. The summed E-state index contributed by atoms with van der Waals surface area (Å²) in [4.78, 5) is 14.6. The summed E-state index contributed by atoms with van der Waals surface area (Å²) in [5.74, 6) is 0.0331. The molecule has 3 rings (SSSR count). The lowest BCUT2D eigenvalue weighted by Gasteiger charge is -2.34. The molecule has 5 nitrogen and oxygen atoms in total. The number of para-hydroxylation sites is 1. The standard InChI is InChI=1S/C19H23ClFN3O2/c1-14(10-24-12-16(20)9-22-24)19(25)23-8-4-5-15(11-23)13-26-18-7-3-2-6-17(18)21/h2-3,6-7,9,12,14-15H,4-5,8,10-11,13H2,1H3/t14-,15-/m0/s1. The number of halogens is 2. The van der Waals surface area contributed by atoms with E-state index in [1.807, 2.05) is 11.8 Å². The van der Waals surface area contributed by atoms with Crippen LogP contribution in [-0.4, -0.2) is 40.3 Å². The van der Waals surface area contributed by atoms with E-state index in [0.29, 0.717) is 24.7 Å². The van der Waals surface area contributed by atoms with Gasteiger partial charge >= 0.3 is 0 Å². The van der Waals surface area contributed by atoms with Crippen LogP contribution in [0.15, 0.2) is 36.7 Å². The molecule has 1 aliphatic heterocycles. The minimum atomic E-state index is -0.359. The Morgan fingerprint density at radius 1 is 1.46 bits per heavy atom. The van der Waals surface area contributed by atoms with Crippen LogP contribution in [0, 0.1) is 17.7 Å². The van der Waals surface area contributed by atoms with Crippen molar-refractivity contribution in [2.24, 2.45) is 11.8 Å². The van der Waals surface area contributed by atoms with Crippen molar-refractivity contribution < 1.29 is 13.9 Å². The zero-order valence-corrected chi connectivity index (χ0v) is 15.5. The van der Waals surface area contributed by atoms with Crippen LogP contribution in [0.5, 0.6) is 5.75 Å². The van der Waals surface area contributed by atoms with Crippen LogP contribution in [0.25, 0.3) is 0 Å². The van der Waals surface area contributed by atoms with Gasteiger partial charge in [0.25, 0.3) is 0 Å². The third-order valence-corrected chi connectivity index (χ3v) is 4.82. The van der Waals surface area contributed by atoms with Crippen LogP contribution >= 0.6 is 11.6 Å². The summed E-state index contributed by atoms with van der Waals surface area (Å²) in [6.45, 7) is 4.19. The molecule has 0 bridgehead atoms. The first-order valence-corrected chi connectivity index (χ1v) is 9.25. The Balaban J connectivity index is 1.52. The van der Waals surface area contributed by atoms with Gasteiger partial charge < -0.3 is 9.64 Å². The maximum absolute atomic E-state index is 13.7. The molecular weight excluding hydrogens is 357 g/mol. The Morgan fingerprint density at radius 2 is 2.27 bits per heavy atom. The molecule has 26 heavy (non-hydrogen) atoms. The van der Waals surface area contributed by atoms with Crippen molar-refractivity contribution in [2.75, 3.05) is 19.7 Å². The molecule has 0 saturated carbocycles. The summed E-state index contributed by atoms with van der Waals surface area (Å²) in [6, 6.07) is 6.39. The van der Waals surface area contributed by atoms with Gasteiger partial charge in [-0.3, -0.25) is 9.48 Å². The van der Waals surface area contributed by atoms with Crippen molar-refractivity contribution in [3.05, 3.63) is 47.5 Å². The van der Waals surface area contributed by atoms with Gasteiger partial charge in [0.1, 0.15) is 0 Å². The third-order valence-electron chi connectivity index (χ3n) is 4.63. The molecule has 140 valence electrons. The summed E-state index contributed by atoms with van der Waals surface area (Å²) >= 11 is 5.87. The molecule has 2 aromatic rings. The second-order valence-electron chi connectivity index (χ2n) is 6.82. The minimum Gasteiger partial charge on any atom is -0.490 e. The van der Waals surface area contributed by atoms with Crippen LogP contribution < -0.4 is 4.74 Å². The quantitative estimate of drug-likeness (QED) is 0.770. The molecule has 2 heterocycles. The van der Waals surface area contributed by atoms with Gasteiger partial charge in [-0.1, -0.05) is 30.7 Å². The van der Waals surface area contributed by atoms with E-state index in [9.17, 15) is 9.18 Å². The lowest BCUT2D eigenvalue weighted by molar-refractivity contribution is -0.137. The zero-order chi connectivity index (χ0) is 18.5. The number of rotatable bonds is 6. The highest BCUT2D eigenvalue weighted by Gasteiger charge is 2.27. The average molecular weight is 380 g/mol. The Morgan fingerprint density at radius 3 is 3.00 bits per heavy atom. The maximum Gasteiger partial charge on any atom is 0.227 e. The molecule has 1 saturated heterocycles. The topological polar surface area (TPSA) is 47.4 Å². The Hall–Kier alpha value is -2.08. The fraction of sp³-hybridized carbons (Fsp3) is 0.474. The summed E-state index contributed by atoms with van der Waals surface area (Å²) in [6.07, 6.45) is 5.18. The van der Waals surface area contributed by atoms with Crippen LogP contribution in [0.2, 0.25) is 5.02 Å². The number of hydrogen-bond donors (Lipinski definition) is 0. The number of piperidine rings is 1. The molecule has 0 spiro atoms. The van der Waals surface area contributed by atoms with Crippen LogP contribution in [0.4, 0.5) is 4.39 Å². The maximum atomic E-state index is 13.7. The predicted molar refractivity (Wildman–Crippen MR) is 97.6 cm³/mol. The van der Waals surface area contributed by atoms with Gasteiger partial charge in [0.05, 0.1) is 30.3 Å². The van der Waals surface area contributed by atoms with Crippen molar-refractivity contribution in [3.8, 4) is 5.75 Å². The molecule has 0 aliphatic carbocycles. The number of nitrogens with zero attached hydrogens (tertiary/aromatic N) is 3. The van der Waals surface area contributed by atoms with E-state index >= 15 is 0 Å². The number of aromatic nitrogens is 2. The number of carbonyl (C=O) groups is 1. The summed E-state index contributed by atoms with van der Waals surface area (Å²) in [5, 5.41) is 4.69. The number of hydrogen-bond acceptors (Lipinski definition) is 3. The Bertz CT molecular complexity index is 752. The van der Waals surface area contributed by atoms with Crippen molar-refractivity contribution >= 4 is 17.5 Å². The molecule has 1 aliphatic rings. The van der Waals surface area contributed by atoms with Crippen molar-refractivity contribution in [1.82, 2.24) is 14.7 Å². The van der Waals surface area contributed by atoms with Gasteiger partial charge in [0.2, 0.25) is 5.91 Å². The first-order chi connectivity index (χ1) is 12.5. The first kappa shape index (κ1) is 18.7. The van der Waals surface area contributed by atoms with Crippen LogP contribution in [-0.2, 0) is 11.3 Å². The molecule has 1 aromatic heterocycles. The fourth-order valence-corrected chi connectivity index (χ4v) is 3.44. The lowest BCUT2D eigenvalue weighted by Crippen LogP contribution is -2.44. The normalized spacial score (nSPS) is 18.6. The molecule has 0 N–H and O–H groups in total. The zero-order valence-electron chi connectivity index (χ0n) is 14.8. The second kappa shape index (κ2) is 8.54. The second-order valence-corrected chi connectivity index (χ2v) is 7.25. The molecule has 1 amide bonds. The minimum absolute atomic E-state index is 0.104. The van der Waals surface area contributed by atoms with Gasteiger partial charge in [-0.25, -0.2) is 4.39 Å². The van der Waals surface area contributed by atoms with E-state index in [4.69, 9.17) is 16.3 Å². The SMILES string of the molecule is C[C@@H](Cn1cc(Cl)cn1)C(=O)N1CCC[C@H](COc2ccccc2F)C1. The molecule has 0 unspecified atom stereocenters. The van der Waals surface area contributed by atoms with E-state index in [2.05, 4.69) is 5.10 Å². The molecule has 1 aromatic carbocycles. The average Bonchev–Trinajstić information content (AvgIpc) is 3.05. The van der Waals surface area contributed by atoms with Crippen molar-refractivity contribution in [3.63, 3.8) is 0 Å². The van der Waals surface area contributed by atoms with Gasteiger partial charge in [0.15, 0.2) is 11.6 Å². The Labute approximate surface area is 157 Å². The lowest BCUT2D eigenvalue weighted by atomic mass is 9.97. The number of amides is 1. The fourth-order valence-electron chi connectivity index (χ4n) is 3.28. The Kier molecular flexibility index (Phi) is 6.14. The summed E-state index contributed by atoms with van der Waals surface area (Å²) in [7, 11) is 0. The van der Waals surface area contributed by atoms with Crippen LogP contribution in [0.3, 0.4) is 0 Å². The molecule has 1 fully saturated rings. The van der Waals surface area contributed by atoms with E-state index in [1.54, 1.807) is 35.3 Å². The number of ether oxygens (including phenoxy) is 1. The van der Waals surface area contributed by atoms with E-state index < -0.39 is 0 Å².